The van der Waals surface area contributed by atoms with E-state index in [1.807, 2.05) is 13.8 Å². The van der Waals surface area contributed by atoms with Crippen LogP contribution < -0.4 is 5.32 Å². The standard InChI is InChI=1S/C10H14N4S/c1-3-12-9(4-11)7-15-10-13-5-8(2)6-14-10/h5-6,9,12H,3,7H2,1-2H3. The van der Waals surface area contributed by atoms with Gasteiger partial charge in [-0.1, -0.05) is 18.7 Å². The highest BCUT2D eigenvalue weighted by Gasteiger charge is 2.06. The number of rotatable bonds is 5. The van der Waals surface area contributed by atoms with E-state index in [0.717, 1.165) is 17.3 Å². The van der Waals surface area contributed by atoms with Crippen LogP contribution in [0.25, 0.3) is 0 Å². The van der Waals surface area contributed by atoms with Gasteiger partial charge in [-0.15, -0.1) is 0 Å². The molecule has 0 saturated heterocycles. The summed E-state index contributed by atoms with van der Waals surface area (Å²) in [4.78, 5) is 8.32. The number of nitrogens with zero attached hydrogens (tertiary/aromatic N) is 3. The average Bonchev–Trinajstić information content (AvgIpc) is 2.26. The highest BCUT2D eigenvalue weighted by Crippen LogP contribution is 2.12. The number of hydrogen-bond donors (Lipinski definition) is 1. The summed E-state index contributed by atoms with van der Waals surface area (Å²) in [6.07, 6.45) is 3.56. The van der Waals surface area contributed by atoms with Crippen molar-refractivity contribution < 1.29 is 0 Å². The predicted octanol–water partition coefficient (Wildman–Crippen LogP) is 1.38. The first-order valence-corrected chi connectivity index (χ1v) is 5.79. The third-order valence-corrected chi connectivity index (χ3v) is 2.71. The van der Waals surface area contributed by atoms with Gasteiger partial charge in [-0.2, -0.15) is 5.26 Å². The molecule has 1 rings (SSSR count). The lowest BCUT2D eigenvalue weighted by atomic mass is 10.4. The van der Waals surface area contributed by atoms with E-state index < -0.39 is 0 Å². The van der Waals surface area contributed by atoms with Crippen LogP contribution in [-0.4, -0.2) is 28.3 Å². The second kappa shape index (κ2) is 6.38. The molecule has 0 radical (unpaired) electrons. The fourth-order valence-corrected chi connectivity index (χ4v) is 1.76. The molecule has 1 unspecified atom stereocenters. The molecule has 80 valence electrons. The number of aromatic nitrogens is 2. The van der Waals surface area contributed by atoms with Crippen LogP contribution in [0, 0.1) is 18.3 Å². The molecule has 0 bridgehead atoms. The van der Waals surface area contributed by atoms with Crippen LogP contribution in [0.2, 0.25) is 0 Å². The molecule has 0 spiro atoms. The van der Waals surface area contributed by atoms with Crippen molar-refractivity contribution in [2.45, 2.75) is 25.0 Å². The maximum absolute atomic E-state index is 8.81. The molecular formula is C10H14N4S. The van der Waals surface area contributed by atoms with Gasteiger partial charge in [0.05, 0.1) is 6.07 Å². The fraction of sp³-hybridized carbons (Fsp3) is 0.500. The molecule has 0 saturated carbocycles. The maximum Gasteiger partial charge on any atom is 0.187 e. The van der Waals surface area contributed by atoms with Crippen molar-refractivity contribution >= 4 is 11.8 Å². The summed E-state index contributed by atoms with van der Waals surface area (Å²) >= 11 is 1.49. The molecule has 1 aromatic heterocycles. The first-order valence-electron chi connectivity index (χ1n) is 4.80. The minimum Gasteiger partial charge on any atom is -0.302 e. The van der Waals surface area contributed by atoms with Crippen molar-refractivity contribution in [2.24, 2.45) is 0 Å². The second-order valence-electron chi connectivity index (χ2n) is 3.09. The summed E-state index contributed by atoms with van der Waals surface area (Å²) in [5.41, 5.74) is 1.04. The molecule has 1 aromatic rings. The van der Waals surface area contributed by atoms with Gasteiger partial charge in [0.2, 0.25) is 0 Å². The minimum atomic E-state index is -0.134. The van der Waals surface area contributed by atoms with E-state index in [1.54, 1.807) is 12.4 Å². The van der Waals surface area contributed by atoms with E-state index in [2.05, 4.69) is 21.4 Å². The van der Waals surface area contributed by atoms with Crippen LogP contribution in [-0.2, 0) is 0 Å². The van der Waals surface area contributed by atoms with Gasteiger partial charge in [0, 0.05) is 18.1 Å². The molecule has 0 aliphatic heterocycles. The lowest BCUT2D eigenvalue weighted by Gasteiger charge is -2.07. The van der Waals surface area contributed by atoms with Crippen LogP contribution >= 0.6 is 11.8 Å². The Balaban J connectivity index is 2.42. The summed E-state index contributed by atoms with van der Waals surface area (Å²) < 4.78 is 0. The average molecular weight is 222 g/mol. The number of nitriles is 1. The Bertz CT molecular complexity index is 330. The van der Waals surface area contributed by atoms with Crippen molar-refractivity contribution in [3.8, 4) is 6.07 Å². The SMILES string of the molecule is CCNC(C#N)CSc1ncc(C)cn1. The van der Waals surface area contributed by atoms with Crippen molar-refractivity contribution in [3.63, 3.8) is 0 Å². The fourth-order valence-electron chi connectivity index (χ4n) is 1.00. The van der Waals surface area contributed by atoms with E-state index in [9.17, 15) is 0 Å². The molecule has 0 aliphatic rings. The monoisotopic (exact) mass is 222 g/mol. The molecule has 4 nitrogen and oxygen atoms in total. The lowest BCUT2D eigenvalue weighted by Crippen LogP contribution is -2.29. The minimum absolute atomic E-state index is 0.134. The van der Waals surface area contributed by atoms with Crippen molar-refractivity contribution in [2.75, 3.05) is 12.3 Å². The number of aryl methyl sites for hydroxylation is 1. The van der Waals surface area contributed by atoms with E-state index in [1.165, 1.54) is 11.8 Å². The lowest BCUT2D eigenvalue weighted by molar-refractivity contribution is 0.677. The highest BCUT2D eigenvalue weighted by atomic mass is 32.2. The molecule has 1 heterocycles. The zero-order valence-electron chi connectivity index (χ0n) is 8.90. The highest BCUT2D eigenvalue weighted by molar-refractivity contribution is 7.99. The van der Waals surface area contributed by atoms with Gasteiger partial charge < -0.3 is 5.32 Å². The normalized spacial score (nSPS) is 12.1. The van der Waals surface area contributed by atoms with Crippen LogP contribution in [0.3, 0.4) is 0 Å². The van der Waals surface area contributed by atoms with Gasteiger partial charge in [-0.05, 0) is 19.0 Å². The van der Waals surface area contributed by atoms with E-state index in [0.29, 0.717) is 5.75 Å². The van der Waals surface area contributed by atoms with Gasteiger partial charge in [0.1, 0.15) is 6.04 Å². The molecule has 1 N–H and O–H groups in total. The van der Waals surface area contributed by atoms with Crippen LogP contribution in [0.5, 0.6) is 0 Å². The summed E-state index contributed by atoms with van der Waals surface area (Å²) in [5, 5.41) is 12.6. The van der Waals surface area contributed by atoms with E-state index in [4.69, 9.17) is 5.26 Å². The molecule has 1 atom stereocenters. The Kier molecular flexibility index (Phi) is 5.08. The Morgan fingerprint density at radius 1 is 1.53 bits per heavy atom. The number of hydrogen-bond acceptors (Lipinski definition) is 5. The van der Waals surface area contributed by atoms with Gasteiger partial charge in [-0.25, -0.2) is 9.97 Å². The topological polar surface area (TPSA) is 61.6 Å². The van der Waals surface area contributed by atoms with Crippen molar-refractivity contribution in [3.05, 3.63) is 18.0 Å². The first kappa shape index (κ1) is 12.0. The second-order valence-corrected chi connectivity index (χ2v) is 4.08. The van der Waals surface area contributed by atoms with Crippen molar-refractivity contribution in [1.82, 2.24) is 15.3 Å². The molecule has 15 heavy (non-hydrogen) atoms. The third-order valence-electron chi connectivity index (χ3n) is 1.74. The van der Waals surface area contributed by atoms with Crippen LogP contribution in [0.1, 0.15) is 12.5 Å². The predicted molar refractivity (Wildman–Crippen MR) is 60.6 cm³/mol. The van der Waals surface area contributed by atoms with Gasteiger partial charge in [0.25, 0.3) is 0 Å². The third kappa shape index (κ3) is 4.28. The largest absolute Gasteiger partial charge is 0.302 e. The smallest absolute Gasteiger partial charge is 0.187 e. The van der Waals surface area contributed by atoms with Gasteiger partial charge >= 0.3 is 0 Å². The summed E-state index contributed by atoms with van der Waals surface area (Å²) in [6, 6.07) is 2.06. The van der Waals surface area contributed by atoms with E-state index in [-0.39, 0.29) is 6.04 Å². The Morgan fingerprint density at radius 2 is 2.20 bits per heavy atom. The Morgan fingerprint density at radius 3 is 2.73 bits per heavy atom. The van der Waals surface area contributed by atoms with Crippen molar-refractivity contribution in [1.29, 1.82) is 5.26 Å². The van der Waals surface area contributed by atoms with Gasteiger partial charge in [-0.3, -0.25) is 0 Å². The van der Waals surface area contributed by atoms with E-state index >= 15 is 0 Å². The Hall–Kier alpha value is -1.12. The summed E-state index contributed by atoms with van der Waals surface area (Å²) in [7, 11) is 0. The summed E-state index contributed by atoms with van der Waals surface area (Å²) in [5.74, 6) is 0.674. The molecule has 0 aromatic carbocycles. The molecule has 0 aliphatic carbocycles. The zero-order valence-corrected chi connectivity index (χ0v) is 9.71. The maximum atomic E-state index is 8.81. The first-order chi connectivity index (χ1) is 7.26. The molecule has 0 fully saturated rings. The Labute approximate surface area is 94.1 Å². The molecule has 5 heteroatoms. The number of thioether (sulfide) groups is 1. The van der Waals surface area contributed by atoms with Crippen LogP contribution in [0.4, 0.5) is 0 Å². The van der Waals surface area contributed by atoms with Crippen LogP contribution in [0.15, 0.2) is 17.6 Å². The number of nitrogens with one attached hydrogen (secondary N) is 1. The summed E-state index contributed by atoms with van der Waals surface area (Å²) in [6.45, 7) is 4.73. The molecular weight excluding hydrogens is 208 g/mol. The quantitative estimate of drug-likeness (QED) is 0.602. The van der Waals surface area contributed by atoms with Gasteiger partial charge in [0.15, 0.2) is 5.16 Å². The molecule has 0 amide bonds. The zero-order chi connectivity index (χ0) is 11.1.